The Balaban J connectivity index is 1.72. The van der Waals surface area contributed by atoms with Gasteiger partial charge >= 0.3 is 5.97 Å². The van der Waals surface area contributed by atoms with Crippen molar-refractivity contribution in [2.45, 2.75) is 20.0 Å². The Labute approximate surface area is 130 Å². The fourth-order valence-electron chi connectivity index (χ4n) is 1.84. The summed E-state index contributed by atoms with van der Waals surface area (Å²) >= 11 is 0. The van der Waals surface area contributed by atoms with E-state index in [9.17, 15) is 9.18 Å². The van der Waals surface area contributed by atoms with Gasteiger partial charge in [0.15, 0.2) is 6.10 Å². The second-order valence-electron chi connectivity index (χ2n) is 4.83. The van der Waals surface area contributed by atoms with Crippen LogP contribution in [0.2, 0.25) is 0 Å². The molecular formula is C15H12FN3O4. The summed E-state index contributed by atoms with van der Waals surface area (Å²) in [5.74, 6) is -0.724. The number of rotatable bonds is 4. The van der Waals surface area contributed by atoms with Crippen molar-refractivity contribution in [3.63, 3.8) is 0 Å². The summed E-state index contributed by atoms with van der Waals surface area (Å²) < 4.78 is 28.3. The Morgan fingerprint density at radius 1 is 1.26 bits per heavy atom. The van der Waals surface area contributed by atoms with Crippen LogP contribution in [0.3, 0.4) is 0 Å². The number of hydrogen-bond donors (Lipinski definition) is 0. The van der Waals surface area contributed by atoms with Crippen molar-refractivity contribution >= 4 is 5.97 Å². The summed E-state index contributed by atoms with van der Waals surface area (Å²) in [5, 5.41) is 11.3. The number of hydrogen-bond acceptors (Lipinski definition) is 7. The monoisotopic (exact) mass is 317 g/mol. The molecule has 0 spiro atoms. The van der Waals surface area contributed by atoms with Gasteiger partial charge in [0.1, 0.15) is 5.82 Å². The lowest BCUT2D eigenvalue weighted by Gasteiger charge is -2.06. The van der Waals surface area contributed by atoms with Gasteiger partial charge in [0.05, 0.1) is 5.69 Å². The molecule has 2 aromatic heterocycles. The van der Waals surface area contributed by atoms with Crippen LogP contribution in [0.5, 0.6) is 0 Å². The average Bonchev–Trinajstić information content (AvgIpc) is 3.17. The molecule has 8 heteroatoms. The first kappa shape index (κ1) is 14.9. The Kier molecular flexibility index (Phi) is 3.88. The van der Waals surface area contributed by atoms with Gasteiger partial charge in [-0.1, -0.05) is 5.16 Å². The Hall–Kier alpha value is -3.03. The lowest BCUT2D eigenvalue weighted by atomic mass is 10.2. The van der Waals surface area contributed by atoms with Gasteiger partial charge in [-0.25, -0.2) is 9.18 Å². The van der Waals surface area contributed by atoms with Gasteiger partial charge in [-0.2, -0.15) is 0 Å². The van der Waals surface area contributed by atoms with Crippen molar-refractivity contribution in [3.8, 4) is 11.5 Å². The maximum absolute atomic E-state index is 12.9. The molecule has 0 aliphatic heterocycles. The lowest BCUT2D eigenvalue weighted by molar-refractivity contribution is 0.0235. The minimum absolute atomic E-state index is 0.00683. The van der Waals surface area contributed by atoms with Crippen LogP contribution in [-0.2, 0) is 4.74 Å². The molecule has 3 rings (SSSR count). The topological polar surface area (TPSA) is 91.2 Å². The average molecular weight is 317 g/mol. The van der Waals surface area contributed by atoms with Crippen LogP contribution in [0, 0.1) is 12.7 Å². The maximum atomic E-state index is 12.9. The summed E-state index contributed by atoms with van der Waals surface area (Å²) in [6.45, 7) is 3.28. The van der Waals surface area contributed by atoms with Gasteiger partial charge < -0.3 is 13.7 Å². The molecule has 0 unspecified atom stereocenters. The van der Waals surface area contributed by atoms with Crippen LogP contribution >= 0.6 is 0 Å². The molecule has 2 heterocycles. The van der Waals surface area contributed by atoms with E-state index in [1.165, 1.54) is 30.3 Å². The molecule has 0 fully saturated rings. The van der Waals surface area contributed by atoms with Gasteiger partial charge in [-0.05, 0) is 38.1 Å². The minimum Gasteiger partial charge on any atom is -0.447 e. The second kappa shape index (κ2) is 5.99. The van der Waals surface area contributed by atoms with Crippen LogP contribution in [0.1, 0.15) is 35.2 Å². The van der Waals surface area contributed by atoms with E-state index in [0.29, 0.717) is 11.3 Å². The quantitative estimate of drug-likeness (QED) is 0.683. The molecule has 7 nitrogen and oxygen atoms in total. The number of benzene rings is 1. The largest absolute Gasteiger partial charge is 0.447 e. The Bertz CT molecular complexity index is 825. The number of halogens is 1. The number of carbonyl (C=O) groups excluding carboxylic acids is 1. The van der Waals surface area contributed by atoms with Gasteiger partial charge in [-0.15, -0.1) is 10.2 Å². The third-order valence-electron chi connectivity index (χ3n) is 2.99. The van der Waals surface area contributed by atoms with Crippen molar-refractivity contribution in [3.05, 3.63) is 53.5 Å². The van der Waals surface area contributed by atoms with E-state index in [-0.39, 0.29) is 23.4 Å². The fraction of sp³-hybridized carbons (Fsp3) is 0.200. The first-order chi connectivity index (χ1) is 11.0. The van der Waals surface area contributed by atoms with E-state index < -0.39 is 12.1 Å². The zero-order valence-electron chi connectivity index (χ0n) is 12.3. The predicted octanol–water partition coefficient (Wildman–Crippen LogP) is 3.09. The minimum atomic E-state index is -0.769. The van der Waals surface area contributed by atoms with Gasteiger partial charge in [-0.3, -0.25) is 0 Å². The normalized spacial score (nSPS) is 12.1. The first-order valence-corrected chi connectivity index (χ1v) is 6.76. The molecule has 118 valence electrons. The van der Waals surface area contributed by atoms with Crippen molar-refractivity contribution in [1.82, 2.24) is 15.4 Å². The van der Waals surface area contributed by atoms with Crippen molar-refractivity contribution in [2.75, 3.05) is 0 Å². The molecule has 0 bridgehead atoms. The van der Waals surface area contributed by atoms with Crippen molar-refractivity contribution in [1.29, 1.82) is 0 Å². The molecule has 3 aromatic rings. The molecule has 0 amide bonds. The van der Waals surface area contributed by atoms with Gasteiger partial charge in [0.25, 0.3) is 5.89 Å². The van der Waals surface area contributed by atoms with Crippen LogP contribution in [-0.4, -0.2) is 21.3 Å². The number of esters is 1. The first-order valence-electron chi connectivity index (χ1n) is 6.76. The maximum Gasteiger partial charge on any atom is 0.377 e. The Morgan fingerprint density at radius 3 is 2.65 bits per heavy atom. The van der Waals surface area contributed by atoms with Crippen molar-refractivity contribution in [2.24, 2.45) is 0 Å². The van der Waals surface area contributed by atoms with E-state index in [1.54, 1.807) is 13.8 Å². The van der Waals surface area contributed by atoms with E-state index in [4.69, 9.17) is 13.7 Å². The zero-order chi connectivity index (χ0) is 16.4. The van der Waals surface area contributed by atoms with E-state index in [0.717, 1.165) is 0 Å². The number of nitrogens with zero attached hydrogens (tertiary/aromatic N) is 3. The number of carbonyl (C=O) groups is 1. The number of ether oxygens (including phenoxy) is 1. The third-order valence-corrected chi connectivity index (χ3v) is 2.99. The molecule has 0 radical (unpaired) electrons. The molecule has 0 N–H and O–H groups in total. The summed E-state index contributed by atoms with van der Waals surface area (Å²) in [6.07, 6.45) is -0.769. The Morgan fingerprint density at radius 2 is 2.00 bits per heavy atom. The van der Waals surface area contributed by atoms with E-state index >= 15 is 0 Å². The highest BCUT2D eigenvalue weighted by molar-refractivity contribution is 5.86. The van der Waals surface area contributed by atoms with E-state index in [2.05, 4.69) is 15.4 Å². The summed E-state index contributed by atoms with van der Waals surface area (Å²) in [7, 11) is 0. The summed E-state index contributed by atoms with van der Waals surface area (Å²) in [5.41, 5.74) is 1.13. The van der Waals surface area contributed by atoms with Crippen LogP contribution in [0.25, 0.3) is 11.5 Å². The fourth-order valence-corrected chi connectivity index (χ4v) is 1.84. The standard InChI is InChI=1S/C15H12FN3O4/c1-8-7-12(23-19-8)15(20)21-9(2)13-17-18-14(22-13)10-3-5-11(16)6-4-10/h3-7,9H,1-2H3/t9-/m0/s1. The second-order valence-corrected chi connectivity index (χ2v) is 4.83. The molecule has 0 aliphatic rings. The molecule has 1 aromatic carbocycles. The third kappa shape index (κ3) is 3.25. The van der Waals surface area contributed by atoms with Crippen LogP contribution < -0.4 is 0 Å². The van der Waals surface area contributed by atoms with Gasteiger partial charge in [0.2, 0.25) is 11.7 Å². The van der Waals surface area contributed by atoms with Crippen LogP contribution in [0.15, 0.2) is 39.3 Å². The molecule has 0 saturated carbocycles. The smallest absolute Gasteiger partial charge is 0.377 e. The molecule has 23 heavy (non-hydrogen) atoms. The predicted molar refractivity (Wildman–Crippen MR) is 74.8 cm³/mol. The number of aromatic nitrogens is 3. The molecule has 1 atom stereocenters. The lowest BCUT2D eigenvalue weighted by Crippen LogP contribution is -2.08. The highest BCUT2D eigenvalue weighted by atomic mass is 19.1. The highest BCUT2D eigenvalue weighted by Gasteiger charge is 2.22. The van der Waals surface area contributed by atoms with Crippen LogP contribution in [0.4, 0.5) is 4.39 Å². The summed E-state index contributed by atoms with van der Waals surface area (Å²) in [6, 6.07) is 7.07. The SMILES string of the molecule is Cc1cc(C(=O)O[C@@H](C)c2nnc(-c3ccc(F)cc3)o2)on1. The van der Waals surface area contributed by atoms with E-state index in [1.807, 2.05) is 0 Å². The zero-order valence-corrected chi connectivity index (χ0v) is 12.3. The molecule has 0 aliphatic carbocycles. The summed E-state index contributed by atoms with van der Waals surface area (Å²) in [4.78, 5) is 11.9. The van der Waals surface area contributed by atoms with Gasteiger partial charge in [0, 0.05) is 11.6 Å². The highest BCUT2D eigenvalue weighted by Crippen LogP contribution is 2.23. The molecule has 0 saturated heterocycles. The van der Waals surface area contributed by atoms with Crippen molar-refractivity contribution < 1.29 is 22.9 Å². The molecular weight excluding hydrogens is 305 g/mol. The number of aryl methyl sites for hydroxylation is 1.